The van der Waals surface area contributed by atoms with Crippen LogP contribution in [0.25, 0.3) is 0 Å². The Balaban J connectivity index is 4.07. The number of phosphoric acid groups is 1. The number of nitrogens with one attached hydrogen (secondary N) is 1. The molecular formula is C69H131N2O6P. The van der Waals surface area contributed by atoms with Crippen LogP contribution in [-0.2, 0) is 18.4 Å². The van der Waals surface area contributed by atoms with Crippen molar-refractivity contribution >= 4 is 13.7 Å². The lowest BCUT2D eigenvalue weighted by molar-refractivity contribution is -0.870. The highest BCUT2D eigenvalue weighted by molar-refractivity contribution is 7.45. The zero-order chi connectivity index (χ0) is 57.0. The second kappa shape index (κ2) is 59.8. The number of likely N-dealkylation sites (N-methyl/N-ethyl adjacent to an activating group) is 1. The van der Waals surface area contributed by atoms with Crippen molar-refractivity contribution in [2.24, 2.45) is 0 Å². The second-order valence-corrected chi connectivity index (χ2v) is 25.6. The monoisotopic (exact) mass is 1110 g/mol. The molecule has 0 aliphatic heterocycles. The summed E-state index contributed by atoms with van der Waals surface area (Å²) < 4.78 is 23.4. The van der Waals surface area contributed by atoms with Gasteiger partial charge in [0.15, 0.2) is 0 Å². The van der Waals surface area contributed by atoms with Gasteiger partial charge in [-0.3, -0.25) is 9.36 Å². The molecule has 0 radical (unpaired) electrons. The number of hydrogen-bond acceptors (Lipinski definition) is 6. The van der Waals surface area contributed by atoms with Crippen LogP contribution < -0.4 is 10.2 Å². The molecule has 8 nitrogen and oxygen atoms in total. The zero-order valence-electron chi connectivity index (χ0n) is 52.4. The number of phosphoric ester groups is 1. The van der Waals surface area contributed by atoms with E-state index in [0.717, 1.165) is 64.2 Å². The predicted octanol–water partition coefficient (Wildman–Crippen LogP) is 20.6. The average Bonchev–Trinajstić information content (AvgIpc) is 3.41. The van der Waals surface area contributed by atoms with Crippen molar-refractivity contribution in [3.63, 3.8) is 0 Å². The normalized spacial score (nSPS) is 14.1. The quantitative estimate of drug-likeness (QED) is 0.0272. The van der Waals surface area contributed by atoms with Gasteiger partial charge < -0.3 is 28.8 Å². The lowest BCUT2D eigenvalue weighted by Crippen LogP contribution is -2.45. The molecule has 0 bridgehead atoms. The minimum Gasteiger partial charge on any atom is -0.756 e. The highest BCUT2D eigenvalue weighted by atomic mass is 31.2. The van der Waals surface area contributed by atoms with Crippen LogP contribution in [0.2, 0.25) is 0 Å². The van der Waals surface area contributed by atoms with Crippen LogP contribution in [0.4, 0.5) is 0 Å². The van der Waals surface area contributed by atoms with E-state index >= 15 is 0 Å². The van der Waals surface area contributed by atoms with Crippen molar-refractivity contribution in [3.05, 3.63) is 60.8 Å². The number of carbonyl (C=O) groups is 1. The molecule has 0 saturated heterocycles. The average molecular weight is 1120 g/mol. The first-order valence-corrected chi connectivity index (χ1v) is 35.1. The number of nitrogens with zero attached hydrogens (tertiary/aromatic N) is 1. The molecular weight excluding hydrogens is 984 g/mol. The summed E-state index contributed by atoms with van der Waals surface area (Å²) in [4.78, 5) is 25.6. The predicted molar refractivity (Wildman–Crippen MR) is 339 cm³/mol. The lowest BCUT2D eigenvalue weighted by atomic mass is 10.0. The highest BCUT2D eigenvalue weighted by Crippen LogP contribution is 2.38. The highest BCUT2D eigenvalue weighted by Gasteiger charge is 2.23. The summed E-state index contributed by atoms with van der Waals surface area (Å²) >= 11 is 0. The Morgan fingerprint density at radius 2 is 0.782 bits per heavy atom. The van der Waals surface area contributed by atoms with Gasteiger partial charge in [-0.15, -0.1) is 0 Å². The molecule has 0 saturated carbocycles. The maximum absolute atomic E-state index is 13.0. The third-order valence-corrected chi connectivity index (χ3v) is 16.2. The van der Waals surface area contributed by atoms with Gasteiger partial charge in [0.25, 0.3) is 7.82 Å². The third-order valence-electron chi connectivity index (χ3n) is 15.2. The largest absolute Gasteiger partial charge is 0.756 e. The molecule has 0 spiro atoms. The molecule has 78 heavy (non-hydrogen) atoms. The molecule has 0 aromatic heterocycles. The number of amides is 1. The summed E-state index contributed by atoms with van der Waals surface area (Å²) in [6.07, 6.45) is 81.8. The van der Waals surface area contributed by atoms with Gasteiger partial charge in [0.2, 0.25) is 5.91 Å². The van der Waals surface area contributed by atoms with Gasteiger partial charge in [0.05, 0.1) is 39.9 Å². The first kappa shape index (κ1) is 76.2. The molecule has 0 aliphatic carbocycles. The number of rotatable bonds is 62. The smallest absolute Gasteiger partial charge is 0.268 e. The van der Waals surface area contributed by atoms with Gasteiger partial charge in [-0.05, 0) is 57.8 Å². The summed E-state index contributed by atoms with van der Waals surface area (Å²) in [5.74, 6) is -0.193. The number of unbranched alkanes of at least 4 members (excludes halogenated alkanes) is 41. The van der Waals surface area contributed by atoms with Crippen LogP contribution in [0, 0.1) is 0 Å². The zero-order valence-corrected chi connectivity index (χ0v) is 53.3. The number of allylic oxidation sites excluding steroid dienone is 9. The van der Waals surface area contributed by atoms with Crippen molar-refractivity contribution < 1.29 is 32.9 Å². The van der Waals surface area contributed by atoms with Crippen LogP contribution >= 0.6 is 7.82 Å². The lowest BCUT2D eigenvalue weighted by Gasteiger charge is -2.29. The first-order chi connectivity index (χ1) is 38.0. The molecule has 0 heterocycles. The molecule has 0 aromatic carbocycles. The molecule has 2 N–H and O–H groups in total. The summed E-state index contributed by atoms with van der Waals surface area (Å²) in [7, 11) is 1.27. The molecule has 0 rings (SSSR count). The SMILES string of the molecule is CC/C=C\C/C=C\C/C=C\C/C=C\CCCCCCCCCCCCCCCCCCCCC(=O)NC(COP(=O)([O-])OCC[N+](C)(C)C)C(O)/C=C/CCCCCCCCCCCCCCCCCCCCCCCCC. The standard InChI is InChI=1S/C69H131N2O6P/c1-6-8-10-12-14-16-18-20-22-24-26-28-30-32-33-34-35-36-37-39-41-43-45-47-49-51-53-55-57-59-61-63-69(73)70-67(66-77-78(74,75)76-65-64-71(3,4)5)68(72)62-60-58-56-54-52-50-48-46-44-42-40-38-31-29-27-25-23-21-19-17-15-13-11-9-7-2/h8,10,14,16,20,22,26,28,60,62,67-68,72H,6-7,9,11-13,15,17-19,21,23-25,27,29-59,61,63-66H2,1-5H3,(H-,70,73,74,75)/b10-8-,16-14-,22-20-,28-26-,62-60+. The van der Waals surface area contributed by atoms with Crippen LogP contribution in [0.3, 0.4) is 0 Å². The van der Waals surface area contributed by atoms with Crippen LogP contribution in [-0.4, -0.2) is 68.5 Å². The van der Waals surface area contributed by atoms with Crippen molar-refractivity contribution in [1.29, 1.82) is 0 Å². The van der Waals surface area contributed by atoms with Crippen molar-refractivity contribution in [3.8, 4) is 0 Å². The fourth-order valence-electron chi connectivity index (χ4n) is 10.0. The van der Waals surface area contributed by atoms with Gasteiger partial charge in [-0.1, -0.05) is 319 Å². The minimum absolute atomic E-state index is 0.000566. The Labute approximate surface area is 485 Å². The van der Waals surface area contributed by atoms with E-state index in [0.29, 0.717) is 17.4 Å². The Morgan fingerprint density at radius 1 is 0.462 bits per heavy atom. The van der Waals surface area contributed by atoms with Crippen molar-refractivity contribution in [1.82, 2.24) is 5.32 Å². The summed E-state index contributed by atoms with van der Waals surface area (Å²) in [6, 6.07) is -0.888. The van der Waals surface area contributed by atoms with Gasteiger partial charge >= 0.3 is 0 Å². The van der Waals surface area contributed by atoms with Crippen LogP contribution in [0.1, 0.15) is 322 Å². The Bertz CT molecular complexity index is 1450. The second-order valence-electron chi connectivity index (χ2n) is 24.2. The van der Waals surface area contributed by atoms with E-state index in [1.165, 1.54) is 238 Å². The molecule has 1 amide bonds. The minimum atomic E-state index is -4.60. The summed E-state index contributed by atoms with van der Waals surface area (Å²) in [5, 5.41) is 14.0. The topological polar surface area (TPSA) is 108 Å². The van der Waals surface area contributed by atoms with Gasteiger partial charge in [0, 0.05) is 6.42 Å². The number of quaternary nitrogens is 1. The summed E-state index contributed by atoms with van der Waals surface area (Å²) in [6.45, 7) is 4.58. The van der Waals surface area contributed by atoms with E-state index in [1.54, 1.807) is 6.08 Å². The van der Waals surface area contributed by atoms with Crippen LogP contribution in [0.15, 0.2) is 60.8 Å². The van der Waals surface area contributed by atoms with E-state index in [4.69, 9.17) is 9.05 Å². The molecule has 0 fully saturated rings. The number of hydrogen-bond donors (Lipinski definition) is 2. The molecule has 3 atom stereocenters. The number of aliphatic hydroxyl groups is 1. The third kappa shape index (κ3) is 61.8. The van der Waals surface area contributed by atoms with Crippen LogP contribution in [0.5, 0.6) is 0 Å². The van der Waals surface area contributed by atoms with E-state index in [1.807, 2.05) is 27.2 Å². The molecule has 0 aliphatic rings. The fourth-order valence-corrected chi connectivity index (χ4v) is 10.8. The van der Waals surface area contributed by atoms with E-state index in [-0.39, 0.29) is 19.1 Å². The molecule has 9 heteroatoms. The van der Waals surface area contributed by atoms with E-state index in [2.05, 4.69) is 67.8 Å². The van der Waals surface area contributed by atoms with Gasteiger partial charge in [-0.2, -0.15) is 0 Å². The Kier molecular flexibility index (Phi) is 58.4. The maximum Gasteiger partial charge on any atom is 0.268 e. The Morgan fingerprint density at radius 3 is 1.14 bits per heavy atom. The maximum atomic E-state index is 13.0. The summed E-state index contributed by atoms with van der Waals surface area (Å²) in [5.41, 5.74) is 0. The van der Waals surface area contributed by atoms with Crippen molar-refractivity contribution in [2.75, 3.05) is 40.9 Å². The Hall–Kier alpha value is -1.80. The van der Waals surface area contributed by atoms with Gasteiger partial charge in [-0.25, -0.2) is 0 Å². The molecule has 458 valence electrons. The van der Waals surface area contributed by atoms with E-state index < -0.39 is 20.0 Å². The fraction of sp³-hybridized carbons (Fsp3) is 0.841. The molecule has 0 aromatic rings. The van der Waals surface area contributed by atoms with Gasteiger partial charge in [0.1, 0.15) is 13.2 Å². The molecule has 3 unspecified atom stereocenters. The first-order valence-electron chi connectivity index (χ1n) is 33.7. The van der Waals surface area contributed by atoms with E-state index in [9.17, 15) is 19.4 Å². The number of aliphatic hydroxyl groups excluding tert-OH is 1. The number of carbonyl (C=O) groups excluding carboxylic acids is 1. The van der Waals surface area contributed by atoms with Crippen molar-refractivity contribution in [2.45, 2.75) is 334 Å².